The maximum atomic E-state index is 11.8. The molecule has 0 spiro atoms. The quantitative estimate of drug-likeness (QED) is 0.741. The summed E-state index contributed by atoms with van der Waals surface area (Å²) in [6.45, 7) is 5.01. The number of aryl methyl sites for hydroxylation is 2. The van der Waals surface area contributed by atoms with Crippen molar-refractivity contribution in [3.63, 3.8) is 0 Å². The van der Waals surface area contributed by atoms with Gasteiger partial charge < -0.3 is 10.1 Å². The van der Waals surface area contributed by atoms with Gasteiger partial charge in [-0.3, -0.25) is 9.48 Å². The lowest BCUT2D eigenvalue weighted by molar-refractivity contribution is -0.146. The van der Waals surface area contributed by atoms with Crippen LogP contribution in [-0.2, 0) is 16.1 Å². The van der Waals surface area contributed by atoms with Gasteiger partial charge in [0.05, 0.1) is 12.8 Å². The summed E-state index contributed by atoms with van der Waals surface area (Å²) < 4.78 is 6.97. The molecule has 0 radical (unpaired) electrons. The highest BCUT2D eigenvalue weighted by Crippen LogP contribution is 2.20. The molecule has 2 rings (SSSR count). The van der Waals surface area contributed by atoms with Gasteiger partial charge in [0, 0.05) is 18.8 Å². The molecule has 5 nitrogen and oxygen atoms in total. The molecule has 0 aliphatic heterocycles. The summed E-state index contributed by atoms with van der Waals surface area (Å²) >= 11 is 0. The zero-order valence-electron chi connectivity index (χ0n) is 11.1. The van der Waals surface area contributed by atoms with E-state index in [1.165, 1.54) is 0 Å². The molecule has 1 aromatic heterocycles. The fourth-order valence-corrected chi connectivity index (χ4v) is 1.90. The van der Waals surface area contributed by atoms with Crippen LogP contribution in [0.2, 0.25) is 0 Å². The molecule has 18 heavy (non-hydrogen) atoms. The van der Waals surface area contributed by atoms with Gasteiger partial charge in [-0.1, -0.05) is 0 Å². The predicted molar refractivity (Wildman–Crippen MR) is 68.2 cm³/mol. The molecule has 0 aromatic carbocycles. The van der Waals surface area contributed by atoms with Gasteiger partial charge in [-0.25, -0.2) is 0 Å². The Labute approximate surface area is 108 Å². The number of rotatable bonds is 7. The van der Waals surface area contributed by atoms with Crippen molar-refractivity contribution in [2.24, 2.45) is 0 Å². The van der Waals surface area contributed by atoms with Crippen LogP contribution in [0.3, 0.4) is 0 Å². The summed E-state index contributed by atoms with van der Waals surface area (Å²) in [4.78, 5) is 11.8. The van der Waals surface area contributed by atoms with Crippen LogP contribution in [-0.4, -0.2) is 34.4 Å². The van der Waals surface area contributed by atoms with E-state index in [1.54, 1.807) is 0 Å². The molecule has 0 amide bonds. The third-order valence-electron chi connectivity index (χ3n) is 2.99. The number of nitrogens with zero attached hydrogens (tertiary/aromatic N) is 2. The van der Waals surface area contributed by atoms with Crippen LogP contribution in [0.4, 0.5) is 0 Å². The van der Waals surface area contributed by atoms with Gasteiger partial charge in [-0.05, 0) is 38.7 Å². The van der Waals surface area contributed by atoms with Gasteiger partial charge >= 0.3 is 5.97 Å². The molecular weight excluding hydrogens is 230 g/mol. The van der Waals surface area contributed by atoms with Crippen molar-refractivity contribution in [2.75, 3.05) is 6.61 Å². The van der Waals surface area contributed by atoms with Crippen LogP contribution >= 0.6 is 0 Å². The highest BCUT2D eigenvalue weighted by atomic mass is 16.5. The van der Waals surface area contributed by atoms with Crippen LogP contribution in [0.1, 0.15) is 31.7 Å². The molecule has 1 N–H and O–H groups in total. The van der Waals surface area contributed by atoms with Crippen molar-refractivity contribution in [3.05, 3.63) is 18.0 Å². The van der Waals surface area contributed by atoms with E-state index in [9.17, 15) is 4.79 Å². The van der Waals surface area contributed by atoms with Crippen LogP contribution in [0.15, 0.2) is 12.4 Å². The summed E-state index contributed by atoms with van der Waals surface area (Å²) in [5, 5.41) is 7.56. The first-order chi connectivity index (χ1) is 8.69. The Balaban J connectivity index is 1.85. The van der Waals surface area contributed by atoms with E-state index < -0.39 is 0 Å². The summed E-state index contributed by atoms with van der Waals surface area (Å²) in [6, 6.07) is 0.292. The Kier molecular flexibility index (Phi) is 4.36. The molecule has 1 heterocycles. The third kappa shape index (κ3) is 3.84. The van der Waals surface area contributed by atoms with Crippen LogP contribution < -0.4 is 5.32 Å². The second-order valence-corrected chi connectivity index (χ2v) is 4.82. The molecule has 1 atom stereocenters. The van der Waals surface area contributed by atoms with Crippen LogP contribution in [0, 0.1) is 6.92 Å². The Morgan fingerprint density at radius 1 is 1.67 bits per heavy atom. The monoisotopic (exact) mass is 251 g/mol. The maximum Gasteiger partial charge on any atom is 0.323 e. The van der Waals surface area contributed by atoms with Crippen molar-refractivity contribution in [3.8, 4) is 0 Å². The number of carbonyl (C=O) groups excluding carboxylic acids is 1. The van der Waals surface area contributed by atoms with Crippen molar-refractivity contribution in [1.29, 1.82) is 0 Å². The van der Waals surface area contributed by atoms with Gasteiger partial charge in [0.2, 0.25) is 0 Å². The molecule has 1 unspecified atom stereocenters. The van der Waals surface area contributed by atoms with Gasteiger partial charge in [0.1, 0.15) is 6.04 Å². The number of carbonyl (C=O) groups is 1. The molecule has 1 aliphatic carbocycles. The first kappa shape index (κ1) is 13.1. The van der Waals surface area contributed by atoms with E-state index in [-0.39, 0.29) is 12.0 Å². The average molecular weight is 251 g/mol. The summed E-state index contributed by atoms with van der Waals surface area (Å²) in [5.41, 5.74) is 1.14. The number of esters is 1. The van der Waals surface area contributed by atoms with Crippen molar-refractivity contribution >= 4 is 5.97 Å². The fraction of sp³-hybridized carbons (Fsp3) is 0.692. The highest BCUT2D eigenvalue weighted by molar-refractivity contribution is 5.75. The first-order valence-corrected chi connectivity index (χ1v) is 6.60. The van der Waals surface area contributed by atoms with Crippen LogP contribution in [0.5, 0.6) is 0 Å². The molecule has 1 aliphatic rings. The molecule has 1 saturated carbocycles. The number of hydrogen-bond donors (Lipinski definition) is 1. The van der Waals surface area contributed by atoms with E-state index in [1.807, 2.05) is 30.9 Å². The zero-order chi connectivity index (χ0) is 13.0. The van der Waals surface area contributed by atoms with E-state index >= 15 is 0 Å². The second kappa shape index (κ2) is 6.00. The molecule has 100 valence electrons. The third-order valence-corrected chi connectivity index (χ3v) is 2.99. The molecule has 1 fully saturated rings. The normalized spacial score (nSPS) is 16.6. The second-order valence-electron chi connectivity index (χ2n) is 4.82. The largest absolute Gasteiger partial charge is 0.465 e. The van der Waals surface area contributed by atoms with E-state index in [0.29, 0.717) is 12.6 Å². The Bertz CT molecular complexity index is 399. The highest BCUT2D eigenvalue weighted by Gasteiger charge is 2.28. The number of hydrogen-bond acceptors (Lipinski definition) is 4. The van der Waals surface area contributed by atoms with Crippen molar-refractivity contribution in [1.82, 2.24) is 15.1 Å². The minimum Gasteiger partial charge on any atom is -0.465 e. The predicted octanol–water partition coefficient (Wildman–Crippen LogP) is 1.27. The van der Waals surface area contributed by atoms with Gasteiger partial charge in [-0.2, -0.15) is 5.10 Å². The standard InChI is InChI=1S/C13H21N3O2/c1-3-18-13(17)12(15-11-4-5-11)6-7-16-9-10(2)8-14-16/h8-9,11-12,15H,3-7H2,1-2H3. The number of ether oxygens (including phenoxy) is 1. The molecule has 0 bridgehead atoms. The molecule has 5 heteroatoms. The lowest BCUT2D eigenvalue weighted by Crippen LogP contribution is -2.40. The van der Waals surface area contributed by atoms with Gasteiger partial charge in [-0.15, -0.1) is 0 Å². The Morgan fingerprint density at radius 2 is 2.44 bits per heavy atom. The minimum atomic E-state index is -0.207. The van der Waals surface area contributed by atoms with Crippen molar-refractivity contribution in [2.45, 2.75) is 51.7 Å². The Hall–Kier alpha value is -1.36. The van der Waals surface area contributed by atoms with E-state index in [4.69, 9.17) is 4.74 Å². The average Bonchev–Trinajstić information content (AvgIpc) is 3.06. The van der Waals surface area contributed by atoms with Crippen molar-refractivity contribution < 1.29 is 9.53 Å². The number of nitrogens with one attached hydrogen (secondary N) is 1. The summed E-state index contributed by atoms with van der Waals surface area (Å²) in [5.74, 6) is -0.145. The maximum absolute atomic E-state index is 11.8. The molecule has 0 saturated heterocycles. The topological polar surface area (TPSA) is 56.2 Å². The zero-order valence-corrected chi connectivity index (χ0v) is 11.1. The van der Waals surface area contributed by atoms with E-state index in [0.717, 1.165) is 31.4 Å². The smallest absolute Gasteiger partial charge is 0.323 e. The SMILES string of the molecule is CCOC(=O)C(CCn1cc(C)cn1)NC1CC1. The lowest BCUT2D eigenvalue weighted by atomic mass is 10.2. The Morgan fingerprint density at radius 3 is 3.00 bits per heavy atom. The number of aromatic nitrogens is 2. The summed E-state index contributed by atoms with van der Waals surface area (Å²) in [7, 11) is 0. The lowest BCUT2D eigenvalue weighted by Gasteiger charge is -2.16. The van der Waals surface area contributed by atoms with Gasteiger partial charge in [0.25, 0.3) is 0 Å². The van der Waals surface area contributed by atoms with E-state index in [2.05, 4.69) is 10.4 Å². The van der Waals surface area contributed by atoms with Crippen LogP contribution in [0.25, 0.3) is 0 Å². The molecule has 1 aromatic rings. The first-order valence-electron chi connectivity index (χ1n) is 6.60. The fourth-order valence-electron chi connectivity index (χ4n) is 1.90. The van der Waals surface area contributed by atoms with Gasteiger partial charge in [0.15, 0.2) is 0 Å². The minimum absolute atomic E-state index is 0.145. The summed E-state index contributed by atoms with van der Waals surface area (Å²) in [6.07, 6.45) is 6.86. The molecular formula is C13H21N3O2.